The molecule has 1 heteroatoms. The van der Waals surface area contributed by atoms with Gasteiger partial charge < -0.3 is 0 Å². The van der Waals surface area contributed by atoms with Crippen LogP contribution in [0, 0.1) is 5.41 Å². The highest BCUT2D eigenvalue weighted by Crippen LogP contribution is 2.30. The number of rotatable bonds is 4. The molecule has 80 valence electrons. The first-order valence-electron chi connectivity index (χ1n) is 5.20. The predicted octanol–water partition coefficient (Wildman–Crippen LogP) is 4.02. The van der Waals surface area contributed by atoms with E-state index in [2.05, 4.69) is 45.3 Å². The highest BCUT2D eigenvalue weighted by molar-refractivity contribution is 5.72. The topological polar surface area (TPSA) is 12.4 Å². The average Bonchev–Trinajstić information content (AvgIpc) is 2.09. The first-order chi connectivity index (χ1) is 6.41. The van der Waals surface area contributed by atoms with Crippen LogP contribution in [-0.2, 0) is 0 Å². The maximum absolute atomic E-state index is 4.05. The summed E-state index contributed by atoms with van der Waals surface area (Å²) in [6.45, 7) is 12.9. The van der Waals surface area contributed by atoms with Crippen LogP contribution >= 0.6 is 0 Å². The second kappa shape index (κ2) is 5.79. The van der Waals surface area contributed by atoms with Gasteiger partial charge in [0, 0.05) is 13.3 Å². The van der Waals surface area contributed by atoms with E-state index in [1.807, 2.05) is 6.21 Å². The summed E-state index contributed by atoms with van der Waals surface area (Å²) in [6, 6.07) is 0. The van der Waals surface area contributed by atoms with E-state index >= 15 is 0 Å². The molecule has 14 heavy (non-hydrogen) atoms. The summed E-state index contributed by atoms with van der Waals surface area (Å²) in [6.07, 6.45) is 6.02. The smallest absolute Gasteiger partial charge is 0.0277 e. The van der Waals surface area contributed by atoms with Crippen molar-refractivity contribution < 1.29 is 0 Å². The highest BCUT2D eigenvalue weighted by atomic mass is 14.6. The molecule has 0 heterocycles. The number of allylic oxidation sites excluding steroid dienone is 3. The van der Waals surface area contributed by atoms with Gasteiger partial charge in [0.2, 0.25) is 0 Å². The monoisotopic (exact) mass is 193 g/mol. The van der Waals surface area contributed by atoms with Gasteiger partial charge in [-0.1, -0.05) is 45.4 Å². The quantitative estimate of drug-likeness (QED) is 0.472. The van der Waals surface area contributed by atoms with E-state index in [1.165, 1.54) is 11.1 Å². The SMILES string of the molecule is C=C(CC)C/C(=C\C=N/C)C(C)(C)C. The molecule has 0 aliphatic rings. The first-order valence-corrected chi connectivity index (χ1v) is 5.20. The van der Waals surface area contributed by atoms with Crippen molar-refractivity contribution in [1.82, 2.24) is 0 Å². The minimum Gasteiger partial charge on any atom is -0.297 e. The lowest BCUT2D eigenvalue weighted by molar-refractivity contribution is 0.491. The van der Waals surface area contributed by atoms with Crippen molar-refractivity contribution in [1.29, 1.82) is 0 Å². The lowest BCUT2D eigenvalue weighted by Crippen LogP contribution is -2.10. The fourth-order valence-electron chi connectivity index (χ4n) is 1.13. The molecule has 1 nitrogen and oxygen atoms in total. The van der Waals surface area contributed by atoms with E-state index in [0.717, 1.165) is 12.8 Å². The van der Waals surface area contributed by atoms with Crippen LogP contribution in [0.15, 0.2) is 28.8 Å². The van der Waals surface area contributed by atoms with Crippen LogP contribution in [0.4, 0.5) is 0 Å². The van der Waals surface area contributed by atoms with Crippen LogP contribution in [0.5, 0.6) is 0 Å². The molecule has 0 spiro atoms. The van der Waals surface area contributed by atoms with Crippen molar-refractivity contribution in [2.75, 3.05) is 7.05 Å². The van der Waals surface area contributed by atoms with Gasteiger partial charge >= 0.3 is 0 Å². The lowest BCUT2D eigenvalue weighted by atomic mass is 9.82. The van der Waals surface area contributed by atoms with Crippen LogP contribution < -0.4 is 0 Å². The van der Waals surface area contributed by atoms with E-state index < -0.39 is 0 Å². The Hall–Kier alpha value is -0.850. The molecule has 0 aromatic carbocycles. The normalized spacial score (nSPS) is 13.6. The maximum Gasteiger partial charge on any atom is 0.0277 e. The lowest BCUT2D eigenvalue weighted by Gasteiger charge is -2.23. The van der Waals surface area contributed by atoms with E-state index in [4.69, 9.17) is 0 Å². The highest BCUT2D eigenvalue weighted by Gasteiger charge is 2.16. The molecule has 0 saturated heterocycles. The Balaban J connectivity index is 4.66. The standard InChI is InChI=1S/C13H23N/c1-7-11(2)10-12(8-9-14-6)13(3,4)5/h8-9H,2,7,10H2,1,3-6H3/b12-8+,14-9-. The molecule has 0 aliphatic carbocycles. The van der Waals surface area contributed by atoms with Crippen LogP contribution in [0.25, 0.3) is 0 Å². The number of aliphatic imine (C=N–C) groups is 1. The third-order valence-electron chi connectivity index (χ3n) is 2.33. The Morgan fingerprint density at radius 1 is 1.36 bits per heavy atom. The maximum atomic E-state index is 4.05. The molecule has 0 N–H and O–H groups in total. The van der Waals surface area contributed by atoms with E-state index in [9.17, 15) is 0 Å². The molecule has 0 unspecified atom stereocenters. The van der Waals surface area contributed by atoms with Crippen LogP contribution in [0.2, 0.25) is 0 Å². The van der Waals surface area contributed by atoms with E-state index in [-0.39, 0.29) is 5.41 Å². The fraction of sp³-hybridized carbons (Fsp3) is 0.615. The summed E-state index contributed by atoms with van der Waals surface area (Å²) in [4.78, 5) is 3.99. The largest absolute Gasteiger partial charge is 0.297 e. The van der Waals surface area contributed by atoms with Crippen molar-refractivity contribution in [3.05, 3.63) is 23.8 Å². The second-order valence-corrected chi connectivity index (χ2v) is 4.63. The number of nitrogens with zero attached hydrogens (tertiary/aromatic N) is 1. The summed E-state index contributed by atoms with van der Waals surface area (Å²) in [5.74, 6) is 0. The van der Waals surface area contributed by atoms with Gasteiger partial charge in [0.05, 0.1) is 0 Å². The Bertz CT molecular complexity index is 238. The summed E-state index contributed by atoms with van der Waals surface area (Å²) < 4.78 is 0. The van der Waals surface area contributed by atoms with Crippen molar-refractivity contribution >= 4 is 6.21 Å². The molecule has 0 rings (SSSR count). The van der Waals surface area contributed by atoms with E-state index in [0.29, 0.717) is 0 Å². The van der Waals surface area contributed by atoms with E-state index in [1.54, 1.807) is 7.05 Å². The third-order valence-corrected chi connectivity index (χ3v) is 2.33. The minimum absolute atomic E-state index is 0.208. The predicted molar refractivity (Wildman–Crippen MR) is 66.0 cm³/mol. The Kier molecular flexibility index (Phi) is 5.44. The Morgan fingerprint density at radius 3 is 2.29 bits per heavy atom. The van der Waals surface area contributed by atoms with Crippen LogP contribution in [0.3, 0.4) is 0 Å². The molecule has 0 atom stereocenters. The average molecular weight is 193 g/mol. The summed E-state index contributed by atoms with van der Waals surface area (Å²) in [7, 11) is 1.80. The molecule has 0 aromatic heterocycles. The molecular weight excluding hydrogens is 170 g/mol. The minimum atomic E-state index is 0.208. The number of hydrogen-bond acceptors (Lipinski definition) is 1. The molecule has 0 aliphatic heterocycles. The molecule has 0 aromatic rings. The second-order valence-electron chi connectivity index (χ2n) is 4.63. The third kappa shape index (κ3) is 5.00. The van der Waals surface area contributed by atoms with Crippen molar-refractivity contribution in [2.45, 2.75) is 40.5 Å². The molecule has 0 saturated carbocycles. The van der Waals surface area contributed by atoms with Crippen molar-refractivity contribution in [2.24, 2.45) is 10.4 Å². The van der Waals surface area contributed by atoms with Gasteiger partial charge in [0.1, 0.15) is 0 Å². The summed E-state index contributed by atoms with van der Waals surface area (Å²) >= 11 is 0. The summed E-state index contributed by atoms with van der Waals surface area (Å²) in [5.41, 5.74) is 2.89. The number of hydrogen-bond donors (Lipinski definition) is 0. The zero-order valence-corrected chi connectivity index (χ0v) is 10.2. The molecular formula is C13H23N. The van der Waals surface area contributed by atoms with Crippen molar-refractivity contribution in [3.8, 4) is 0 Å². The Labute approximate surface area is 88.6 Å². The van der Waals surface area contributed by atoms with Gasteiger partial charge in [-0.05, 0) is 24.3 Å². The zero-order chi connectivity index (χ0) is 11.2. The molecule has 0 bridgehead atoms. The van der Waals surface area contributed by atoms with Gasteiger partial charge in [-0.25, -0.2) is 0 Å². The summed E-state index contributed by atoms with van der Waals surface area (Å²) in [5, 5.41) is 0. The zero-order valence-electron chi connectivity index (χ0n) is 10.2. The Morgan fingerprint density at radius 2 is 1.93 bits per heavy atom. The molecule has 0 fully saturated rings. The van der Waals surface area contributed by atoms with Crippen molar-refractivity contribution in [3.63, 3.8) is 0 Å². The first kappa shape index (κ1) is 13.2. The van der Waals surface area contributed by atoms with Crippen LogP contribution in [0.1, 0.15) is 40.5 Å². The molecule has 0 amide bonds. The fourth-order valence-corrected chi connectivity index (χ4v) is 1.13. The van der Waals surface area contributed by atoms with Crippen LogP contribution in [-0.4, -0.2) is 13.3 Å². The van der Waals surface area contributed by atoms with Gasteiger partial charge in [0.25, 0.3) is 0 Å². The van der Waals surface area contributed by atoms with Gasteiger partial charge in [0.15, 0.2) is 0 Å². The van der Waals surface area contributed by atoms with Gasteiger partial charge in [-0.15, -0.1) is 0 Å². The molecule has 0 radical (unpaired) electrons. The van der Waals surface area contributed by atoms with Gasteiger partial charge in [-0.2, -0.15) is 0 Å². The van der Waals surface area contributed by atoms with Gasteiger partial charge in [-0.3, -0.25) is 4.99 Å².